The summed E-state index contributed by atoms with van der Waals surface area (Å²) in [7, 11) is 0. The fraction of sp³-hybridized carbons (Fsp3) is 0.250. The van der Waals surface area contributed by atoms with Gasteiger partial charge in [0.2, 0.25) is 5.91 Å². The van der Waals surface area contributed by atoms with Crippen LogP contribution in [0.5, 0.6) is 11.5 Å². The third-order valence-corrected chi connectivity index (χ3v) is 5.19. The number of carbonyl (C=O) groups excluding carboxylic acids is 3. The summed E-state index contributed by atoms with van der Waals surface area (Å²) in [5.41, 5.74) is 5.35. The zero-order valence-corrected chi connectivity index (χ0v) is 20.4. The topological polar surface area (TPSA) is 93.7 Å². The summed E-state index contributed by atoms with van der Waals surface area (Å²) in [4.78, 5) is 36.2. The van der Waals surface area contributed by atoms with Gasteiger partial charge in [-0.15, -0.1) is 0 Å². The summed E-state index contributed by atoms with van der Waals surface area (Å²) in [6.45, 7) is 7.43. The van der Waals surface area contributed by atoms with Crippen LogP contribution in [0.15, 0.2) is 60.7 Å². The monoisotopic (exact) mass is 474 g/mol. The van der Waals surface area contributed by atoms with Crippen molar-refractivity contribution in [3.05, 3.63) is 82.9 Å². The van der Waals surface area contributed by atoms with Crippen molar-refractivity contribution in [2.75, 3.05) is 17.2 Å². The van der Waals surface area contributed by atoms with Crippen molar-refractivity contribution in [2.24, 2.45) is 0 Å². The first-order valence-electron chi connectivity index (χ1n) is 11.4. The molecular formula is C28H30N2O5. The lowest BCUT2D eigenvalue weighted by molar-refractivity contribution is -0.147. The molecule has 0 aliphatic carbocycles. The van der Waals surface area contributed by atoms with Gasteiger partial charge in [-0.05, 0) is 86.3 Å². The zero-order chi connectivity index (χ0) is 25.4. The van der Waals surface area contributed by atoms with Crippen LogP contribution in [0.3, 0.4) is 0 Å². The van der Waals surface area contributed by atoms with E-state index in [-0.39, 0.29) is 18.7 Å². The summed E-state index contributed by atoms with van der Waals surface area (Å²) in [5, 5.41) is 5.43. The largest absolute Gasteiger partial charge is 0.457 e. The van der Waals surface area contributed by atoms with Gasteiger partial charge in [0.05, 0.1) is 6.42 Å². The highest BCUT2D eigenvalue weighted by atomic mass is 16.5. The number of para-hydroxylation sites is 1. The minimum atomic E-state index is -0.618. The van der Waals surface area contributed by atoms with E-state index in [0.717, 1.165) is 28.0 Å². The molecule has 7 nitrogen and oxygen atoms in total. The van der Waals surface area contributed by atoms with Gasteiger partial charge in [0.15, 0.2) is 6.61 Å². The number of rotatable bonds is 9. The third-order valence-electron chi connectivity index (χ3n) is 5.19. The number of carbonyl (C=O) groups is 3. The van der Waals surface area contributed by atoms with E-state index >= 15 is 0 Å². The Morgan fingerprint density at radius 3 is 1.94 bits per heavy atom. The number of anilines is 2. The van der Waals surface area contributed by atoms with E-state index in [0.29, 0.717) is 17.1 Å². The van der Waals surface area contributed by atoms with Gasteiger partial charge in [-0.25, -0.2) is 0 Å². The molecule has 0 bridgehead atoms. The van der Waals surface area contributed by atoms with Crippen LogP contribution < -0.4 is 15.4 Å². The van der Waals surface area contributed by atoms with Crippen LogP contribution in [-0.2, 0) is 19.1 Å². The SMILES string of the molecule is Cc1cc(C)cc(NC(=O)COC(=O)CCC(=O)Nc2ccc(Oc3c(C)cccc3C)cc2)c1. The number of nitrogens with one attached hydrogen (secondary N) is 2. The number of esters is 1. The molecule has 7 heteroatoms. The number of aryl methyl sites for hydroxylation is 4. The van der Waals surface area contributed by atoms with Gasteiger partial charge >= 0.3 is 5.97 Å². The zero-order valence-electron chi connectivity index (χ0n) is 20.4. The molecule has 0 heterocycles. The minimum absolute atomic E-state index is 0.0574. The van der Waals surface area contributed by atoms with Crippen LogP contribution in [0, 0.1) is 27.7 Å². The number of hydrogen-bond acceptors (Lipinski definition) is 5. The van der Waals surface area contributed by atoms with Crippen LogP contribution in [0.1, 0.15) is 35.1 Å². The molecule has 2 amide bonds. The molecule has 3 aromatic carbocycles. The maximum Gasteiger partial charge on any atom is 0.306 e. The fourth-order valence-corrected chi connectivity index (χ4v) is 3.59. The summed E-state index contributed by atoms with van der Waals surface area (Å²) in [6.07, 6.45) is -0.186. The van der Waals surface area contributed by atoms with Gasteiger partial charge in [0.1, 0.15) is 11.5 Å². The van der Waals surface area contributed by atoms with E-state index in [9.17, 15) is 14.4 Å². The maximum atomic E-state index is 12.2. The second-order valence-electron chi connectivity index (χ2n) is 8.48. The van der Waals surface area contributed by atoms with Crippen LogP contribution in [0.25, 0.3) is 0 Å². The van der Waals surface area contributed by atoms with Crippen LogP contribution in [0.4, 0.5) is 11.4 Å². The lowest BCUT2D eigenvalue weighted by atomic mass is 10.1. The Morgan fingerprint density at radius 1 is 0.714 bits per heavy atom. The van der Waals surface area contributed by atoms with Gasteiger partial charge < -0.3 is 20.1 Å². The van der Waals surface area contributed by atoms with Gasteiger partial charge in [-0.1, -0.05) is 24.3 Å². The van der Waals surface area contributed by atoms with E-state index in [1.807, 2.05) is 64.1 Å². The molecule has 0 saturated carbocycles. The maximum absolute atomic E-state index is 12.2. The molecule has 0 spiro atoms. The predicted molar refractivity (Wildman–Crippen MR) is 136 cm³/mol. The van der Waals surface area contributed by atoms with Crippen molar-refractivity contribution >= 4 is 29.2 Å². The average Bonchev–Trinajstić information content (AvgIpc) is 2.79. The molecule has 2 N–H and O–H groups in total. The highest BCUT2D eigenvalue weighted by Gasteiger charge is 2.12. The highest BCUT2D eigenvalue weighted by Crippen LogP contribution is 2.29. The van der Waals surface area contributed by atoms with Crippen molar-refractivity contribution in [3.63, 3.8) is 0 Å². The molecule has 35 heavy (non-hydrogen) atoms. The smallest absolute Gasteiger partial charge is 0.306 e. The highest BCUT2D eigenvalue weighted by molar-refractivity contribution is 5.94. The number of benzene rings is 3. The lowest BCUT2D eigenvalue weighted by Crippen LogP contribution is -2.21. The first-order chi connectivity index (χ1) is 16.7. The van der Waals surface area contributed by atoms with E-state index in [4.69, 9.17) is 9.47 Å². The normalized spacial score (nSPS) is 10.4. The van der Waals surface area contributed by atoms with Crippen molar-refractivity contribution in [1.29, 1.82) is 0 Å². The molecule has 0 radical (unpaired) electrons. The molecule has 3 aromatic rings. The Bertz CT molecular complexity index is 1180. The molecule has 0 fully saturated rings. The summed E-state index contributed by atoms with van der Waals surface area (Å²) in [5.74, 6) is 0.0858. The number of ether oxygens (including phenoxy) is 2. The molecule has 0 aliphatic heterocycles. The molecule has 3 rings (SSSR count). The lowest BCUT2D eigenvalue weighted by Gasteiger charge is -2.12. The second-order valence-corrected chi connectivity index (χ2v) is 8.48. The molecule has 0 unspecified atom stereocenters. The first-order valence-corrected chi connectivity index (χ1v) is 11.4. The Labute approximate surface area is 205 Å². The molecule has 0 atom stereocenters. The average molecular weight is 475 g/mol. The molecule has 0 saturated heterocycles. The van der Waals surface area contributed by atoms with E-state index < -0.39 is 18.5 Å². The standard InChI is InChI=1S/C28H30N2O5/c1-18-14-19(2)16-23(15-18)30-26(32)17-34-27(33)13-12-25(31)29-22-8-10-24(11-9-22)35-28-20(3)6-5-7-21(28)4/h5-11,14-16H,12-13,17H2,1-4H3,(H,29,31)(H,30,32). The van der Waals surface area contributed by atoms with Crippen LogP contribution in [-0.4, -0.2) is 24.4 Å². The Hall–Kier alpha value is -4.13. The Balaban J connectivity index is 1.40. The van der Waals surface area contributed by atoms with Crippen molar-refractivity contribution in [1.82, 2.24) is 0 Å². The van der Waals surface area contributed by atoms with E-state index in [1.54, 1.807) is 24.3 Å². The van der Waals surface area contributed by atoms with E-state index in [2.05, 4.69) is 10.6 Å². The number of hydrogen-bond donors (Lipinski definition) is 2. The predicted octanol–water partition coefficient (Wildman–Crippen LogP) is 5.61. The third kappa shape index (κ3) is 7.99. The summed E-state index contributed by atoms with van der Waals surface area (Å²) in [6, 6.07) is 18.6. The van der Waals surface area contributed by atoms with Crippen LogP contribution in [0.2, 0.25) is 0 Å². The summed E-state index contributed by atoms with van der Waals surface area (Å²) >= 11 is 0. The van der Waals surface area contributed by atoms with Crippen molar-refractivity contribution in [2.45, 2.75) is 40.5 Å². The molecule has 0 aromatic heterocycles. The fourth-order valence-electron chi connectivity index (χ4n) is 3.59. The van der Waals surface area contributed by atoms with Gasteiger partial charge in [0, 0.05) is 17.8 Å². The molecular weight excluding hydrogens is 444 g/mol. The van der Waals surface area contributed by atoms with E-state index in [1.165, 1.54) is 0 Å². The van der Waals surface area contributed by atoms with Crippen LogP contribution >= 0.6 is 0 Å². The Morgan fingerprint density at radius 2 is 1.31 bits per heavy atom. The molecule has 182 valence electrons. The minimum Gasteiger partial charge on any atom is -0.457 e. The number of amides is 2. The van der Waals surface area contributed by atoms with Gasteiger partial charge in [0.25, 0.3) is 5.91 Å². The Kier molecular flexibility index (Phi) is 8.62. The summed E-state index contributed by atoms with van der Waals surface area (Å²) < 4.78 is 10.9. The van der Waals surface area contributed by atoms with Crippen molar-refractivity contribution in [3.8, 4) is 11.5 Å². The second kappa shape index (κ2) is 11.8. The molecule has 0 aliphatic rings. The van der Waals surface area contributed by atoms with Gasteiger partial charge in [-0.2, -0.15) is 0 Å². The van der Waals surface area contributed by atoms with Crippen molar-refractivity contribution < 1.29 is 23.9 Å². The van der Waals surface area contributed by atoms with Gasteiger partial charge in [-0.3, -0.25) is 14.4 Å². The quantitative estimate of drug-likeness (QED) is 0.393. The first kappa shape index (κ1) is 25.5.